The molecule has 1 saturated carbocycles. The standard InChI is InChI=1S/C19H20F3N3O/c20-19(21,22)14-5-4-8-16(10-14)24-17-9-13(11-23-12-17)18(26)25-15-6-2-1-3-7-15/h4-5,8-12,15,24H,1-3,6-7H2,(H,25,26). The van der Waals surface area contributed by atoms with Crippen molar-refractivity contribution in [1.82, 2.24) is 10.3 Å². The first-order chi connectivity index (χ1) is 12.4. The number of rotatable bonds is 4. The highest BCUT2D eigenvalue weighted by molar-refractivity contribution is 5.95. The summed E-state index contributed by atoms with van der Waals surface area (Å²) in [5, 5.41) is 5.87. The summed E-state index contributed by atoms with van der Waals surface area (Å²) in [6, 6.07) is 6.66. The molecule has 1 aromatic carbocycles. The Morgan fingerprint density at radius 3 is 2.54 bits per heavy atom. The zero-order chi connectivity index (χ0) is 18.6. The van der Waals surface area contributed by atoms with Gasteiger partial charge in [-0.1, -0.05) is 25.3 Å². The van der Waals surface area contributed by atoms with Crippen LogP contribution < -0.4 is 10.6 Å². The third-order valence-electron chi connectivity index (χ3n) is 4.42. The molecule has 3 rings (SSSR count). The number of anilines is 2. The topological polar surface area (TPSA) is 54.0 Å². The maximum Gasteiger partial charge on any atom is 0.416 e. The number of hydrogen-bond acceptors (Lipinski definition) is 3. The molecule has 4 nitrogen and oxygen atoms in total. The lowest BCUT2D eigenvalue weighted by Gasteiger charge is -2.22. The van der Waals surface area contributed by atoms with E-state index in [1.165, 1.54) is 30.9 Å². The minimum absolute atomic E-state index is 0.177. The predicted molar refractivity (Wildman–Crippen MR) is 93.3 cm³/mol. The third-order valence-corrected chi connectivity index (χ3v) is 4.42. The number of carbonyl (C=O) groups excluding carboxylic acids is 1. The molecular formula is C19H20F3N3O. The van der Waals surface area contributed by atoms with Crippen molar-refractivity contribution in [1.29, 1.82) is 0 Å². The van der Waals surface area contributed by atoms with Crippen molar-refractivity contribution in [3.8, 4) is 0 Å². The molecule has 1 aliphatic rings. The Morgan fingerprint density at radius 2 is 1.81 bits per heavy atom. The Morgan fingerprint density at radius 1 is 1.04 bits per heavy atom. The van der Waals surface area contributed by atoms with E-state index in [-0.39, 0.29) is 17.6 Å². The Bertz CT molecular complexity index is 771. The molecule has 0 radical (unpaired) electrons. The van der Waals surface area contributed by atoms with E-state index < -0.39 is 11.7 Å². The number of halogens is 3. The molecule has 0 spiro atoms. The number of nitrogens with one attached hydrogen (secondary N) is 2. The normalized spacial score (nSPS) is 15.5. The second-order valence-electron chi connectivity index (χ2n) is 6.47. The van der Waals surface area contributed by atoms with Crippen molar-refractivity contribution >= 4 is 17.3 Å². The molecule has 0 unspecified atom stereocenters. The summed E-state index contributed by atoms with van der Waals surface area (Å²) in [4.78, 5) is 16.4. The number of amides is 1. The van der Waals surface area contributed by atoms with E-state index >= 15 is 0 Å². The lowest BCUT2D eigenvalue weighted by molar-refractivity contribution is -0.137. The molecule has 0 atom stereocenters. The maximum atomic E-state index is 12.8. The summed E-state index contributed by atoms with van der Waals surface area (Å²) in [5.41, 5.74) is 0.390. The first-order valence-corrected chi connectivity index (χ1v) is 8.62. The van der Waals surface area contributed by atoms with Gasteiger partial charge in [0, 0.05) is 17.9 Å². The Hall–Kier alpha value is -2.57. The van der Waals surface area contributed by atoms with Crippen molar-refractivity contribution in [2.24, 2.45) is 0 Å². The van der Waals surface area contributed by atoms with Gasteiger partial charge in [-0.15, -0.1) is 0 Å². The van der Waals surface area contributed by atoms with E-state index in [9.17, 15) is 18.0 Å². The smallest absolute Gasteiger partial charge is 0.354 e. The molecular weight excluding hydrogens is 343 g/mol. The van der Waals surface area contributed by atoms with Crippen LogP contribution in [0.1, 0.15) is 48.0 Å². The summed E-state index contributed by atoms with van der Waals surface area (Å²) in [5.74, 6) is -0.211. The van der Waals surface area contributed by atoms with E-state index in [0.717, 1.165) is 37.8 Å². The molecule has 1 fully saturated rings. The molecule has 7 heteroatoms. The summed E-state index contributed by atoms with van der Waals surface area (Å²) in [6.45, 7) is 0. The largest absolute Gasteiger partial charge is 0.416 e. The molecule has 26 heavy (non-hydrogen) atoms. The predicted octanol–water partition coefficient (Wildman–Crippen LogP) is 4.91. The Kier molecular flexibility index (Phi) is 5.44. The Balaban J connectivity index is 1.70. The average Bonchev–Trinajstić information content (AvgIpc) is 2.62. The van der Waals surface area contributed by atoms with Crippen LogP contribution in [0, 0.1) is 0 Å². The first-order valence-electron chi connectivity index (χ1n) is 8.62. The van der Waals surface area contributed by atoms with Gasteiger partial charge in [-0.05, 0) is 37.1 Å². The lowest BCUT2D eigenvalue weighted by atomic mass is 9.95. The van der Waals surface area contributed by atoms with Crippen LogP contribution in [0.2, 0.25) is 0 Å². The number of hydrogen-bond donors (Lipinski definition) is 2. The quantitative estimate of drug-likeness (QED) is 0.812. The van der Waals surface area contributed by atoms with Crippen LogP contribution in [-0.4, -0.2) is 16.9 Å². The molecule has 0 bridgehead atoms. The molecule has 138 valence electrons. The maximum absolute atomic E-state index is 12.8. The second kappa shape index (κ2) is 7.76. The van der Waals surface area contributed by atoms with Crippen molar-refractivity contribution in [2.45, 2.75) is 44.3 Å². The molecule has 1 amide bonds. The SMILES string of the molecule is O=C(NC1CCCCC1)c1cncc(Nc2cccc(C(F)(F)F)c2)c1. The van der Waals surface area contributed by atoms with Crippen molar-refractivity contribution in [3.05, 3.63) is 53.9 Å². The van der Waals surface area contributed by atoms with E-state index in [1.807, 2.05) is 0 Å². The van der Waals surface area contributed by atoms with Gasteiger partial charge >= 0.3 is 6.18 Å². The minimum atomic E-state index is -4.41. The van der Waals surface area contributed by atoms with Gasteiger partial charge in [-0.25, -0.2) is 0 Å². The summed E-state index contributed by atoms with van der Waals surface area (Å²) < 4.78 is 38.4. The van der Waals surface area contributed by atoms with Crippen LogP contribution in [0.15, 0.2) is 42.7 Å². The van der Waals surface area contributed by atoms with Crippen LogP contribution in [0.5, 0.6) is 0 Å². The molecule has 1 aliphatic carbocycles. The number of aromatic nitrogens is 1. The van der Waals surface area contributed by atoms with Crippen molar-refractivity contribution in [3.63, 3.8) is 0 Å². The zero-order valence-corrected chi connectivity index (χ0v) is 14.1. The van der Waals surface area contributed by atoms with Gasteiger partial charge in [-0.3, -0.25) is 9.78 Å². The minimum Gasteiger partial charge on any atom is -0.354 e. The fraction of sp³-hybridized carbons (Fsp3) is 0.368. The van der Waals surface area contributed by atoms with Gasteiger partial charge in [0.1, 0.15) is 0 Å². The average molecular weight is 363 g/mol. The molecule has 1 aromatic heterocycles. The summed E-state index contributed by atoms with van der Waals surface area (Å²) in [6.07, 6.45) is 3.89. The Labute approximate surface area is 149 Å². The van der Waals surface area contributed by atoms with Crippen LogP contribution in [0.3, 0.4) is 0 Å². The molecule has 1 heterocycles. The van der Waals surface area contributed by atoms with Gasteiger partial charge in [0.05, 0.1) is 23.0 Å². The molecule has 2 aromatic rings. The highest BCUT2D eigenvalue weighted by Crippen LogP contribution is 2.31. The number of nitrogens with zero attached hydrogens (tertiary/aromatic N) is 1. The third kappa shape index (κ3) is 4.74. The highest BCUT2D eigenvalue weighted by Gasteiger charge is 2.30. The van der Waals surface area contributed by atoms with Crippen LogP contribution in [0.25, 0.3) is 0 Å². The monoisotopic (exact) mass is 363 g/mol. The fourth-order valence-corrected chi connectivity index (χ4v) is 3.09. The number of alkyl halides is 3. The van der Waals surface area contributed by atoms with E-state index in [2.05, 4.69) is 15.6 Å². The van der Waals surface area contributed by atoms with Crippen LogP contribution >= 0.6 is 0 Å². The van der Waals surface area contributed by atoms with Gasteiger partial charge < -0.3 is 10.6 Å². The van der Waals surface area contributed by atoms with E-state index in [1.54, 1.807) is 6.07 Å². The van der Waals surface area contributed by atoms with E-state index in [4.69, 9.17) is 0 Å². The molecule has 0 aliphatic heterocycles. The number of benzene rings is 1. The van der Waals surface area contributed by atoms with Gasteiger partial charge in [-0.2, -0.15) is 13.2 Å². The van der Waals surface area contributed by atoms with Crippen molar-refractivity contribution in [2.75, 3.05) is 5.32 Å². The van der Waals surface area contributed by atoms with Crippen LogP contribution in [-0.2, 0) is 6.18 Å². The molecule has 0 saturated heterocycles. The number of carbonyl (C=O) groups is 1. The van der Waals surface area contributed by atoms with Gasteiger partial charge in [0.15, 0.2) is 0 Å². The lowest BCUT2D eigenvalue weighted by Crippen LogP contribution is -2.36. The first kappa shape index (κ1) is 18.2. The second-order valence-corrected chi connectivity index (χ2v) is 6.47. The summed E-state index contributed by atoms with van der Waals surface area (Å²) >= 11 is 0. The van der Waals surface area contributed by atoms with E-state index in [0.29, 0.717) is 11.3 Å². The fourth-order valence-electron chi connectivity index (χ4n) is 3.09. The van der Waals surface area contributed by atoms with Crippen LogP contribution in [0.4, 0.5) is 24.5 Å². The zero-order valence-electron chi connectivity index (χ0n) is 14.1. The van der Waals surface area contributed by atoms with Crippen molar-refractivity contribution < 1.29 is 18.0 Å². The van der Waals surface area contributed by atoms with Gasteiger partial charge in [0.25, 0.3) is 5.91 Å². The molecule has 2 N–H and O–H groups in total. The highest BCUT2D eigenvalue weighted by atomic mass is 19.4. The summed E-state index contributed by atoms with van der Waals surface area (Å²) in [7, 11) is 0. The van der Waals surface area contributed by atoms with Gasteiger partial charge in [0.2, 0.25) is 0 Å². The number of pyridine rings is 1.